The summed E-state index contributed by atoms with van der Waals surface area (Å²) in [5, 5.41) is 14.3. The molecule has 1 aromatic heterocycles. The minimum atomic E-state index is -0.451. The lowest BCUT2D eigenvalue weighted by atomic mass is 9.87. The smallest absolute Gasteiger partial charge is 0.249 e. The summed E-state index contributed by atoms with van der Waals surface area (Å²) in [6.45, 7) is 3.11. The van der Waals surface area contributed by atoms with Crippen LogP contribution in [0.4, 0.5) is 0 Å². The van der Waals surface area contributed by atoms with Gasteiger partial charge in [-0.1, -0.05) is 23.4 Å². The molecule has 33 heavy (non-hydrogen) atoms. The van der Waals surface area contributed by atoms with Gasteiger partial charge in [0.2, 0.25) is 5.91 Å². The molecule has 8 heteroatoms. The number of nitrogens with one attached hydrogen (secondary N) is 1. The van der Waals surface area contributed by atoms with Crippen LogP contribution in [0.2, 0.25) is 0 Å². The Balaban J connectivity index is 1.22. The maximum Gasteiger partial charge on any atom is 0.249 e. The number of hydrogen-bond acceptors (Lipinski definition) is 7. The molecule has 3 heterocycles. The van der Waals surface area contributed by atoms with Crippen molar-refractivity contribution >= 4 is 22.5 Å². The van der Waals surface area contributed by atoms with E-state index in [-0.39, 0.29) is 18.6 Å². The van der Waals surface area contributed by atoms with E-state index in [0.717, 1.165) is 39.2 Å². The van der Waals surface area contributed by atoms with Crippen molar-refractivity contribution in [1.82, 2.24) is 10.5 Å². The highest BCUT2D eigenvalue weighted by Gasteiger charge is 2.42. The van der Waals surface area contributed by atoms with Gasteiger partial charge >= 0.3 is 0 Å². The predicted molar refractivity (Wildman–Crippen MR) is 121 cm³/mol. The van der Waals surface area contributed by atoms with Gasteiger partial charge in [-0.25, -0.2) is 5.48 Å². The van der Waals surface area contributed by atoms with E-state index in [0.29, 0.717) is 19.6 Å². The third-order valence-corrected chi connectivity index (χ3v) is 6.25. The zero-order valence-corrected chi connectivity index (χ0v) is 18.2. The maximum absolute atomic E-state index is 11.9. The Bertz CT molecular complexity index is 1190. The SMILES string of the molecule is Cc1cc(COc2ccc(C3=NOC([C@@H]4COC[C@@H]4C(=O)NO)C3)cc2)c2ccccc2n1. The Morgan fingerprint density at radius 1 is 1.18 bits per heavy atom. The number of rotatable bonds is 6. The van der Waals surface area contributed by atoms with Crippen LogP contribution in [0, 0.1) is 18.8 Å². The van der Waals surface area contributed by atoms with E-state index < -0.39 is 11.8 Å². The average Bonchev–Trinajstić information content (AvgIpc) is 3.52. The molecule has 3 atom stereocenters. The fraction of sp³-hybridized carbons (Fsp3) is 0.320. The first-order valence-corrected chi connectivity index (χ1v) is 11.0. The van der Waals surface area contributed by atoms with Crippen molar-refractivity contribution in [3.05, 3.63) is 71.4 Å². The van der Waals surface area contributed by atoms with Crippen molar-refractivity contribution in [3.63, 3.8) is 0 Å². The number of para-hydroxylation sites is 1. The van der Waals surface area contributed by atoms with Crippen molar-refractivity contribution < 1.29 is 24.3 Å². The van der Waals surface area contributed by atoms with Gasteiger partial charge in [-0.2, -0.15) is 0 Å². The lowest BCUT2D eigenvalue weighted by molar-refractivity contribution is -0.135. The van der Waals surface area contributed by atoms with Gasteiger partial charge in [-0.05, 0) is 48.9 Å². The number of ether oxygens (including phenoxy) is 2. The van der Waals surface area contributed by atoms with Gasteiger partial charge in [0, 0.05) is 29.0 Å². The van der Waals surface area contributed by atoms with Crippen molar-refractivity contribution in [2.75, 3.05) is 13.2 Å². The molecular weight excluding hydrogens is 422 g/mol. The number of pyridine rings is 1. The third-order valence-electron chi connectivity index (χ3n) is 6.25. The third kappa shape index (κ3) is 4.40. The van der Waals surface area contributed by atoms with E-state index >= 15 is 0 Å². The normalized spacial score (nSPS) is 22.1. The van der Waals surface area contributed by atoms with Gasteiger partial charge in [0.25, 0.3) is 0 Å². The van der Waals surface area contributed by atoms with Crippen LogP contribution in [-0.4, -0.2) is 41.1 Å². The standard InChI is InChI=1S/C25H25N3O5/c1-15-10-17(19-4-2-3-5-22(19)26-15)12-32-18-8-6-16(7-9-18)23-11-24(33-28-23)20-13-31-14-21(20)25(29)27-30/h2-10,20-21,24,30H,11-14H2,1H3,(H,27,29)/t20-,21+,24?/m1/s1. The number of benzene rings is 2. The quantitative estimate of drug-likeness (QED) is 0.444. The molecule has 2 aliphatic rings. The van der Waals surface area contributed by atoms with E-state index in [1.165, 1.54) is 0 Å². The number of carbonyl (C=O) groups is 1. The highest BCUT2D eigenvalue weighted by molar-refractivity contribution is 6.01. The second kappa shape index (κ2) is 9.17. The number of hydrogen-bond donors (Lipinski definition) is 2. The zero-order chi connectivity index (χ0) is 22.8. The first kappa shape index (κ1) is 21.4. The largest absolute Gasteiger partial charge is 0.489 e. The number of oxime groups is 1. The van der Waals surface area contributed by atoms with Gasteiger partial charge in [-0.15, -0.1) is 0 Å². The first-order valence-electron chi connectivity index (χ1n) is 11.0. The highest BCUT2D eigenvalue weighted by Crippen LogP contribution is 2.32. The zero-order valence-electron chi connectivity index (χ0n) is 18.2. The molecule has 1 amide bonds. The Morgan fingerprint density at radius 2 is 2.00 bits per heavy atom. The molecule has 2 aliphatic heterocycles. The van der Waals surface area contributed by atoms with E-state index in [2.05, 4.69) is 22.3 Å². The molecule has 1 fully saturated rings. The van der Waals surface area contributed by atoms with Crippen LogP contribution in [0.1, 0.15) is 23.2 Å². The molecule has 8 nitrogen and oxygen atoms in total. The van der Waals surface area contributed by atoms with Crippen molar-refractivity contribution in [1.29, 1.82) is 0 Å². The summed E-state index contributed by atoms with van der Waals surface area (Å²) in [5.41, 5.74) is 6.50. The topological polar surface area (TPSA) is 102 Å². The van der Waals surface area contributed by atoms with Gasteiger partial charge in [0.05, 0.1) is 30.4 Å². The minimum Gasteiger partial charge on any atom is -0.489 e. The highest BCUT2D eigenvalue weighted by atomic mass is 16.6. The lowest BCUT2D eigenvalue weighted by Crippen LogP contribution is -2.37. The molecule has 0 spiro atoms. The Kier molecular flexibility index (Phi) is 5.93. The molecule has 0 bridgehead atoms. The van der Waals surface area contributed by atoms with Gasteiger partial charge in [0.15, 0.2) is 0 Å². The predicted octanol–water partition coefficient (Wildman–Crippen LogP) is 3.38. The van der Waals surface area contributed by atoms with E-state index in [1.807, 2.05) is 49.4 Å². The summed E-state index contributed by atoms with van der Waals surface area (Å²) in [5.74, 6) is -0.289. The van der Waals surface area contributed by atoms with Crippen molar-refractivity contribution in [3.8, 4) is 5.75 Å². The maximum atomic E-state index is 11.9. The Labute approximate surface area is 191 Å². The molecule has 1 unspecified atom stereocenters. The van der Waals surface area contributed by atoms with Crippen molar-refractivity contribution in [2.24, 2.45) is 17.0 Å². The van der Waals surface area contributed by atoms with E-state index in [9.17, 15) is 4.79 Å². The van der Waals surface area contributed by atoms with Gasteiger partial charge in [-0.3, -0.25) is 15.0 Å². The summed E-state index contributed by atoms with van der Waals surface area (Å²) >= 11 is 0. The number of fused-ring (bicyclic) bond motifs is 1. The number of nitrogens with zero attached hydrogens (tertiary/aromatic N) is 2. The average molecular weight is 447 g/mol. The molecule has 5 rings (SSSR count). The molecule has 3 aromatic rings. The fourth-order valence-corrected chi connectivity index (χ4v) is 4.51. The number of hydroxylamine groups is 1. The Hall–Kier alpha value is -3.49. The molecular formula is C25H25N3O5. The van der Waals surface area contributed by atoms with E-state index in [4.69, 9.17) is 19.5 Å². The Morgan fingerprint density at radius 3 is 2.82 bits per heavy atom. The molecule has 170 valence electrons. The number of carbonyl (C=O) groups excluding carboxylic acids is 1. The van der Waals surface area contributed by atoms with Crippen LogP contribution in [0.3, 0.4) is 0 Å². The van der Waals surface area contributed by atoms with Crippen LogP contribution in [0.25, 0.3) is 10.9 Å². The minimum absolute atomic E-state index is 0.153. The second-order valence-electron chi connectivity index (χ2n) is 8.42. The fourth-order valence-electron chi connectivity index (χ4n) is 4.51. The monoisotopic (exact) mass is 447 g/mol. The summed E-state index contributed by atoms with van der Waals surface area (Å²) < 4.78 is 11.5. The number of aryl methyl sites for hydroxylation is 1. The molecule has 0 radical (unpaired) electrons. The van der Waals surface area contributed by atoms with Crippen LogP contribution in [-0.2, 0) is 21.0 Å². The molecule has 2 N–H and O–H groups in total. The summed E-state index contributed by atoms with van der Waals surface area (Å²) in [7, 11) is 0. The first-order chi connectivity index (χ1) is 16.1. The van der Waals surface area contributed by atoms with Crippen LogP contribution < -0.4 is 10.2 Å². The van der Waals surface area contributed by atoms with Gasteiger partial charge in [0.1, 0.15) is 18.5 Å². The second-order valence-corrected chi connectivity index (χ2v) is 8.42. The summed E-state index contributed by atoms with van der Waals surface area (Å²) in [6.07, 6.45) is 0.315. The van der Waals surface area contributed by atoms with Gasteiger partial charge < -0.3 is 14.3 Å². The lowest BCUT2D eigenvalue weighted by Gasteiger charge is -2.20. The number of aromatic nitrogens is 1. The molecule has 0 saturated carbocycles. The molecule has 0 aliphatic carbocycles. The summed E-state index contributed by atoms with van der Waals surface area (Å²) in [6, 6.07) is 17.9. The van der Waals surface area contributed by atoms with Crippen LogP contribution in [0.15, 0.2) is 59.8 Å². The van der Waals surface area contributed by atoms with E-state index in [1.54, 1.807) is 5.48 Å². The summed E-state index contributed by atoms with van der Waals surface area (Å²) in [4.78, 5) is 22.1. The van der Waals surface area contributed by atoms with Crippen LogP contribution in [0.5, 0.6) is 5.75 Å². The molecule has 1 saturated heterocycles. The number of amides is 1. The molecule has 2 aromatic carbocycles. The van der Waals surface area contributed by atoms with Crippen molar-refractivity contribution in [2.45, 2.75) is 26.1 Å². The van der Waals surface area contributed by atoms with Crippen LogP contribution >= 0.6 is 0 Å².